The number of carbonyl (C=O) groups is 1. The molecule has 1 aromatic carbocycles. The van der Waals surface area contributed by atoms with E-state index in [1.807, 2.05) is 53.2 Å². The Labute approximate surface area is 160 Å². The van der Waals surface area contributed by atoms with Crippen LogP contribution in [-0.4, -0.2) is 44.2 Å². The number of ether oxygens (including phenoxy) is 2. The van der Waals surface area contributed by atoms with Gasteiger partial charge in [-0.1, -0.05) is 6.07 Å². The molecule has 140 valence electrons. The first-order valence-corrected chi connectivity index (χ1v) is 8.81. The Kier molecular flexibility index (Phi) is 3.75. The van der Waals surface area contributed by atoms with Gasteiger partial charge in [0.25, 0.3) is 5.91 Å². The van der Waals surface area contributed by atoms with E-state index >= 15 is 0 Å². The number of carbonyl (C=O) groups excluding carboxylic acids is 1. The Morgan fingerprint density at radius 2 is 2.11 bits per heavy atom. The summed E-state index contributed by atoms with van der Waals surface area (Å²) in [5.74, 6) is 1.23. The quantitative estimate of drug-likeness (QED) is 0.593. The van der Waals surface area contributed by atoms with Crippen LogP contribution in [0.1, 0.15) is 16.2 Å². The normalized spacial score (nSPS) is 12.5. The molecule has 4 heterocycles. The number of benzene rings is 1. The number of aromatic nitrogens is 4. The fourth-order valence-electron chi connectivity index (χ4n) is 3.22. The highest BCUT2D eigenvalue weighted by molar-refractivity contribution is 5.93. The fraction of sp³-hybridized carbons (Fsp3) is 0.150. The van der Waals surface area contributed by atoms with Crippen LogP contribution in [0.5, 0.6) is 11.5 Å². The topological polar surface area (TPSA) is 84.8 Å². The number of amides is 1. The van der Waals surface area contributed by atoms with E-state index in [1.165, 1.54) is 0 Å². The van der Waals surface area contributed by atoms with E-state index in [1.54, 1.807) is 18.0 Å². The summed E-state index contributed by atoms with van der Waals surface area (Å²) in [6.45, 7) is 0.621. The summed E-state index contributed by atoms with van der Waals surface area (Å²) in [7, 11) is 1.74. The van der Waals surface area contributed by atoms with Crippen LogP contribution in [0.25, 0.3) is 16.9 Å². The van der Waals surface area contributed by atoms with Crippen molar-refractivity contribution in [2.45, 2.75) is 6.54 Å². The second-order valence-corrected chi connectivity index (χ2v) is 6.59. The van der Waals surface area contributed by atoms with Crippen LogP contribution >= 0.6 is 0 Å². The average Bonchev–Trinajstić information content (AvgIpc) is 3.44. The van der Waals surface area contributed by atoms with Crippen molar-refractivity contribution in [2.75, 3.05) is 13.8 Å². The number of nitrogens with one attached hydrogen (secondary N) is 1. The lowest BCUT2D eigenvalue weighted by atomic mass is 10.1. The number of hydrogen-bond donors (Lipinski definition) is 1. The van der Waals surface area contributed by atoms with Crippen LogP contribution in [-0.2, 0) is 6.54 Å². The van der Waals surface area contributed by atoms with Gasteiger partial charge in [0.1, 0.15) is 11.3 Å². The molecule has 0 atom stereocenters. The first kappa shape index (κ1) is 16.4. The summed E-state index contributed by atoms with van der Waals surface area (Å²) in [6, 6.07) is 13.1. The molecule has 1 aliphatic rings. The first-order valence-electron chi connectivity index (χ1n) is 8.81. The van der Waals surface area contributed by atoms with Gasteiger partial charge in [0.15, 0.2) is 11.5 Å². The van der Waals surface area contributed by atoms with Gasteiger partial charge in [0.2, 0.25) is 6.79 Å². The molecule has 8 heteroatoms. The molecule has 0 unspecified atom stereocenters. The zero-order chi connectivity index (χ0) is 19.1. The summed E-state index contributed by atoms with van der Waals surface area (Å²) in [4.78, 5) is 18.9. The molecule has 8 nitrogen and oxygen atoms in total. The minimum Gasteiger partial charge on any atom is -0.454 e. The summed E-state index contributed by atoms with van der Waals surface area (Å²) in [6.07, 6.45) is 3.85. The molecule has 1 aliphatic heterocycles. The highest BCUT2D eigenvalue weighted by atomic mass is 16.7. The predicted octanol–water partition coefficient (Wildman–Crippen LogP) is 2.73. The number of rotatable bonds is 4. The van der Waals surface area contributed by atoms with Gasteiger partial charge in [0.05, 0.1) is 17.9 Å². The van der Waals surface area contributed by atoms with Gasteiger partial charge in [0, 0.05) is 25.0 Å². The third-order valence-corrected chi connectivity index (χ3v) is 4.64. The van der Waals surface area contributed by atoms with E-state index < -0.39 is 0 Å². The van der Waals surface area contributed by atoms with Gasteiger partial charge in [-0.25, -0.2) is 4.98 Å². The highest BCUT2D eigenvalue weighted by Gasteiger charge is 2.19. The van der Waals surface area contributed by atoms with E-state index in [4.69, 9.17) is 9.47 Å². The predicted molar refractivity (Wildman–Crippen MR) is 101 cm³/mol. The van der Waals surface area contributed by atoms with Crippen molar-refractivity contribution in [3.8, 4) is 22.8 Å². The van der Waals surface area contributed by atoms with E-state index in [2.05, 4.69) is 15.2 Å². The molecule has 4 aromatic rings. The monoisotopic (exact) mass is 375 g/mol. The molecule has 1 amide bonds. The molecule has 28 heavy (non-hydrogen) atoms. The van der Waals surface area contributed by atoms with Crippen LogP contribution in [0.4, 0.5) is 0 Å². The molecule has 0 fully saturated rings. The lowest BCUT2D eigenvalue weighted by molar-refractivity contribution is 0.0777. The molecular weight excluding hydrogens is 358 g/mol. The fourth-order valence-corrected chi connectivity index (χ4v) is 3.22. The smallest absolute Gasteiger partial charge is 0.271 e. The second kappa shape index (κ2) is 6.41. The SMILES string of the molecule is CN(Cc1cn2ccccc2n1)C(=O)c1cc(-c2ccc3c(c2)OCO3)n[nH]1. The Bertz CT molecular complexity index is 1150. The summed E-state index contributed by atoms with van der Waals surface area (Å²) < 4.78 is 12.7. The molecule has 0 aliphatic carbocycles. The van der Waals surface area contributed by atoms with E-state index in [0.29, 0.717) is 29.4 Å². The molecule has 0 saturated heterocycles. The zero-order valence-electron chi connectivity index (χ0n) is 15.1. The van der Waals surface area contributed by atoms with Gasteiger partial charge in [-0.05, 0) is 36.4 Å². The maximum Gasteiger partial charge on any atom is 0.271 e. The molecule has 0 radical (unpaired) electrons. The number of nitrogens with zero attached hydrogens (tertiary/aromatic N) is 4. The lowest BCUT2D eigenvalue weighted by Crippen LogP contribution is -2.26. The van der Waals surface area contributed by atoms with Gasteiger partial charge in [-0.3, -0.25) is 9.89 Å². The van der Waals surface area contributed by atoms with Crippen molar-refractivity contribution in [2.24, 2.45) is 0 Å². The molecule has 0 bridgehead atoms. The zero-order valence-corrected chi connectivity index (χ0v) is 15.1. The Balaban J connectivity index is 1.34. The minimum absolute atomic E-state index is 0.156. The number of fused-ring (bicyclic) bond motifs is 2. The van der Waals surface area contributed by atoms with Gasteiger partial charge in [-0.15, -0.1) is 0 Å². The summed E-state index contributed by atoms with van der Waals surface area (Å²) in [5, 5.41) is 7.09. The third-order valence-electron chi connectivity index (χ3n) is 4.64. The van der Waals surface area contributed by atoms with Crippen molar-refractivity contribution >= 4 is 11.6 Å². The molecule has 5 rings (SSSR count). The minimum atomic E-state index is -0.156. The standard InChI is InChI=1S/C20H17N5O3/c1-24(10-14-11-25-7-3-2-4-19(25)21-14)20(26)16-9-15(22-23-16)13-5-6-17-18(8-13)28-12-27-17/h2-9,11H,10,12H2,1H3,(H,22,23). The Hall–Kier alpha value is -3.81. The van der Waals surface area contributed by atoms with Crippen molar-refractivity contribution in [1.82, 2.24) is 24.5 Å². The number of aromatic amines is 1. The molecule has 0 saturated carbocycles. The van der Waals surface area contributed by atoms with Crippen LogP contribution in [0.2, 0.25) is 0 Å². The van der Waals surface area contributed by atoms with Crippen molar-refractivity contribution in [3.05, 3.63) is 66.2 Å². The van der Waals surface area contributed by atoms with E-state index in [-0.39, 0.29) is 12.7 Å². The van der Waals surface area contributed by atoms with Crippen molar-refractivity contribution < 1.29 is 14.3 Å². The number of hydrogen-bond acceptors (Lipinski definition) is 5. The number of imidazole rings is 1. The van der Waals surface area contributed by atoms with Gasteiger partial charge in [-0.2, -0.15) is 5.10 Å². The maximum atomic E-state index is 12.8. The number of H-pyrrole nitrogens is 1. The Morgan fingerprint density at radius 3 is 3.00 bits per heavy atom. The maximum absolute atomic E-state index is 12.8. The number of pyridine rings is 1. The van der Waals surface area contributed by atoms with Gasteiger partial charge < -0.3 is 18.8 Å². The van der Waals surface area contributed by atoms with Crippen molar-refractivity contribution in [1.29, 1.82) is 0 Å². The average molecular weight is 375 g/mol. The van der Waals surface area contributed by atoms with Crippen molar-refractivity contribution in [3.63, 3.8) is 0 Å². The Morgan fingerprint density at radius 1 is 1.21 bits per heavy atom. The highest BCUT2D eigenvalue weighted by Crippen LogP contribution is 2.35. The summed E-state index contributed by atoms with van der Waals surface area (Å²) in [5.41, 5.74) is 3.60. The van der Waals surface area contributed by atoms with E-state index in [9.17, 15) is 4.79 Å². The van der Waals surface area contributed by atoms with Crippen LogP contribution in [0, 0.1) is 0 Å². The molecular formula is C20H17N5O3. The van der Waals surface area contributed by atoms with Crippen LogP contribution in [0.3, 0.4) is 0 Å². The van der Waals surface area contributed by atoms with E-state index in [0.717, 1.165) is 16.9 Å². The summed E-state index contributed by atoms with van der Waals surface area (Å²) >= 11 is 0. The molecule has 0 spiro atoms. The third kappa shape index (κ3) is 2.84. The van der Waals surface area contributed by atoms with Crippen LogP contribution < -0.4 is 9.47 Å². The molecule has 1 N–H and O–H groups in total. The largest absolute Gasteiger partial charge is 0.454 e. The lowest BCUT2D eigenvalue weighted by Gasteiger charge is -2.14. The molecule has 3 aromatic heterocycles. The second-order valence-electron chi connectivity index (χ2n) is 6.59. The van der Waals surface area contributed by atoms with Crippen LogP contribution in [0.15, 0.2) is 54.9 Å². The van der Waals surface area contributed by atoms with Gasteiger partial charge >= 0.3 is 0 Å². The first-order chi connectivity index (χ1) is 13.7.